The molecular formula is C15H22N2O2. The minimum absolute atomic E-state index is 0.0295. The minimum atomic E-state index is 0.0295. The van der Waals surface area contributed by atoms with Gasteiger partial charge in [-0.15, -0.1) is 0 Å². The molecule has 0 aromatic heterocycles. The van der Waals surface area contributed by atoms with E-state index in [0.717, 1.165) is 31.1 Å². The second-order valence-electron chi connectivity index (χ2n) is 4.43. The first-order valence-electron chi connectivity index (χ1n) is 6.88. The first-order valence-corrected chi connectivity index (χ1v) is 6.88. The van der Waals surface area contributed by atoms with Gasteiger partial charge in [-0.3, -0.25) is 4.99 Å². The van der Waals surface area contributed by atoms with Crippen LogP contribution in [0.3, 0.4) is 0 Å². The van der Waals surface area contributed by atoms with E-state index >= 15 is 0 Å². The lowest BCUT2D eigenvalue weighted by Crippen LogP contribution is -2.39. The van der Waals surface area contributed by atoms with Gasteiger partial charge in [0.2, 0.25) is 0 Å². The highest BCUT2D eigenvalue weighted by atomic mass is 16.5. The smallest absolute Gasteiger partial charge is 0.133 e. The summed E-state index contributed by atoms with van der Waals surface area (Å²) in [5, 5.41) is 0. The monoisotopic (exact) mass is 262 g/mol. The number of benzene rings is 1. The summed E-state index contributed by atoms with van der Waals surface area (Å²) in [6.45, 7) is 7.81. The van der Waals surface area contributed by atoms with Gasteiger partial charge in [-0.2, -0.15) is 0 Å². The molecule has 1 aliphatic rings. The molecule has 0 amide bonds. The fourth-order valence-corrected chi connectivity index (χ4v) is 2.17. The van der Waals surface area contributed by atoms with Gasteiger partial charge in [0.15, 0.2) is 0 Å². The third kappa shape index (κ3) is 3.78. The second kappa shape index (κ2) is 7.26. The number of nitrogens with zero attached hydrogens (tertiary/aromatic N) is 2. The summed E-state index contributed by atoms with van der Waals surface area (Å²) in [6, 6.07) is 10.3. The zero-order chi connectivity index (χ0) is 13.5. The van der Waals surface area contributed by atoms with Gasteiger partial charge in [-0.25, -0.2) is 0 Å². The zero-order valence-electron chi connectivity index (χ0n) is 11.7. The molecule has 1 aromatic carbocycles. The average Bonchev–Trinajstić information content (AvgIpc) is 2.94. The molecule has 0 fully saturated rings. The van der Waals surface area contributed by atoms with Crippen LogP contribution in [0.25, 0.3) is 0 Å². The molecule has 1 heterocycles. The van der Waals surface area contributed by atoms with E-state index < -0.39 is 0 Å². The summed E-state index contributed by atoms with van der Waals surface area (Å²) in [4.78, 5) is 6.79. The molecule has 0 saturated carbocycles. The molecule has 0 bridgehead atoms. The Morgan fingerprint density at radius 2 is 2.05 bits per heavy atom. The Bertz CT molecular complexity index is 406. The van der Waals surface area contributed by atoms with E-state index in [-0.39, 0.29) is 6.23 Å². The quantitative estimate of drug-likeness (QED) is 0.706. The van der Waals surface area contributed by atoms with E-state index in [1.54, 1.807) is 0 Å². The standard InChI is InChI=1S/C15H22N2O2/c1-3-18-11-12-19-13(2)17-10-9-16-15(17)14-7-5-4-6-8-14/h4-8,13H,3,9-12H2,1-2H3. The van der Waals surface area contributed by atoms with Crippen LogP contribution < -0.4 is 0 Å². The van der Waals surface area contributed by atoms with Crippen molar-refractivity contribution in [2.75, 3.05) is 32.9 Å². The van der Waals surface area contributed by atoms with E-state index in [1.807, 2.05) is 25.1 Å². The van der Waals surface area contributed by atoms with E-state index in [9.17, 15) is 0 Å². The largest absolute Gasteiger partial charge is 0.379 e. The number of ether oxygens (including phenoxy) is 2. The number of rotatable bonds is 7. The molecule has 0 N–H and O–H groups in total. The van der Waals surface area contributed by atoms with Gasteiger partial charge < -0.3 is 14.4 Å². The van der Waals surface area contributed by atoms with E-state index in [2.05, 4.69) is 28.9 Å². The molecule has 19 heavy (non-hydrogen) atoms. The van der Waals surface area contributed by atoms with Crippen LogP contribution in [0.5, 0.6) is 0 Å². The van der Waals surface area contributed by atoms with Crippen molar-refractivity contribution in [2.45, 2.75) is 20.1 Å². The third-order valence-corrected chi connectivity index (χ3v) is 3.14. The van der Waals surface area contributed by atoms with Crippen LogP contribution in [0.1, 0.15) is 19.4 Å². The van der Waals surface area contributed by atoms with Crippen molar-refractivity contribution < 1.29 is 9.47 Å². The molecule has 0 saturated heterocycles. The van der Waals surface area contributed by atoms with Crippen molar-refractivity contribution >= 4 is 5.84 Å². The lowest BCUT2D eigenvalue weighted by molar-refractivity contribution is -0.0352. The molecule has 0 spiro atoms. The lowest BCUT2D eigenvalue weighted by Gasteiger charge is -2.27. The van der Waals surface area contributed by atoms with Crippen LogP contribution in [0.15, 0.2) is 35.3 Å². The number of amidine groups is 1. The number of hydrogen-bond donors (Lipinski definition) is 0. The van der Waals surface area contributed by atoms with Crippen molar-refractivity contribution in [3.05, 3.63) is 35.9 Å². The zero-order valence-corrected chi connectivity index (χ0v) is 11.7. The van der Waals surface area contributed by atoms with Crippen LogP contribution in [0, 0.1) is 0 Å². The Morgan fingerprint density at radius 1 is 1.26 bits per heavy atom. The fourth-order valence-electron chi connectivity index (χ4n) is 2.17. The highest BCUT2D eigenvalue weighted by molar-refractivity contribution is 5.99. The maximum Gasteiger partial charge on any atom is 0.133 e. The highest BCUT2D eigenvalue weighted by Gasteiger charge is 2.23. The first-order chi connectivity index (χ1) is 9.33. The van der Waals surface area contributed by atoms with Crippen molar-refractivity contribution in [3.8, 4) is 0 Å². The van der Waals surface area contributed by atoms with Gasteiger partial charge in [-0.1, -0.05) is 30.3 Å². The van der Waals surface area contributed by atoms with Gasteiger partial charge in [0.05, 0.1) is 19.8 Å². The van der Waals surface area contributed by atoms with E-state index in [4.69, 9.17) is 9.47 Å². The van der Waals surface area contributed by atoms with Gasteiger partial charge in [0.1, 0.15) is 12.1 Å². The predicted octanol–water partition coefficient (Wildman–Crippen LogP) is 2.15. The number of aliphatic imine (C=N–C) groups is 1. The Hall–Kier alpha value is -1.39. The maximum absolute atomic E-state index is 5.80. The summed E-state index contributed by atoms with van der Waals surface area (Å²) in [7, 11) is 0. The summed E-state index contributed by atoms with van der Waals surface area (Å²) in [6.07, 6.45) is 0.0295. The maximum atomic E-state index is 5.80. The summed E-state index contributed by atoms with van der Waals surface area (Å²) in [5.41, 5.74) is 1.15. The topological polar surface area (TPSA) is 34.1 Å². The van der Waals surface area contributed by atoms with E-state index in [1.165, 1.54) is 0 Å². The molecular weight excluding hydrogens is 240 g/mol. The highest BCUT2D eigenvalue weighted by Crippen LogP contribution is 2.15. The molecule has 1 unspecified atom stereocenters. The third-order valence-electron chi connectivity index (χ3n) is 3.14. The Kier molecular flexibility index (Phi) is 5.36. The summed E-state index contributed by atoms with van der Waals surface area (Å²) in [5.74, 6) is 1.03. The molecule has 1 atom stereocenters. The van der Waals surface area contributed by atoms with Crippen LogP contribution >= 0.6 is 0 Å². The van der Waals surface area contributed by atoms with Gasteiger partial charge in [0.25, 0.3) is 0 Å². The van der Waals surface area contributed by atoms with Crippen molar-refractivity contribution in [2.24, 2.45) is 4.99 Å². The average molecular weight is 262 g/mol. The molecule has 0 radical (unpaired) electrons. The Morgan fingerprint density at radius 3 is 2.79 bits per heavy atom. The predicted molar refractivity (Wildman–Crippen MR) is 76.5 cm³/mol. The van der Waals surface area contributed by atoms with Crippen LogP contribution in [0.2, 0.25) is 0 Å². The molecule has 1 aromatic rings. The molecule has 1 aliphatic heterocycles. The molecule has 4 heteroatoms. The molecule has 0 aliphatic carbocycles. The minimum Gasteiger partial charge on any atom is -0.379 e. The Balaban J connectivity index is 1.91. The molecule has 4 nitrogen and oxygen atoms in total. The van der Waals surface area contributed by atoms with Gasteiger partial charge in [0, 0.05) is 18.7 Å². The number of hydrogen-bond acceptors (Lipinski definition) is 4. The van der Waals surface area contributed by atoms with Gasteiger partial charge >= 0.3 is 0 Å². The SMILES string of the molecule is CCOCCOC(C)N1CCN=C1c1ccccc1. The summed E-state index contributed by atoms with van der Waals surface area (Å²) >= 11 is 0. The first kappa shape index (κ1) is 14.0. The van der Waals surface area contributed by atoms with E-state index in [0.29, 0.717) is 13.2 Å². The van der Waals surface area contributed by atoms with Crippen molar-refractivity contribution in [3.63, 3.8) is 0 Å². The van der Waals surface area contributed by atoms with Crippen LogP contribution in [-0.2, 0) is 9.47 Å². The normalized spacial score (nSPS) is 16.5. The van der Waals surface area contributed by atoms with Crippen LogP contribution in [-0.4, -0.2) is 49.9 Å². The fraction of sp³-hybridized carbons (Fsp3) is 0.533. The van der Waals surface area contributed by atoms with Crippen molar-refractivity contribution in [1.29, 1.82) is 0 Å². The van der Waals surface area contributed by atoms with Crippen molar-refractivity contribution in [1.82, 2.24) is 4.90 Å². The lowest BCUT2D eigenvalue weighted by atomic mass is 10.2. The molecule has 104 valence electrons. The second-order valence-corrected chi connectivity index (χ2v) is 4.43. The van der Waals surface area contributed by atoms with Gasteiger partial charge in [-0.05, 0) is 13.8 Å². The molecule has 2 rings (SSSR count). The van der Waals surface area contributed by atoms with Crippen LogP contribution in [0.4, 0.5) is 0 Å². The Labute approximate surface area is 115 Å². The summed E-state index contributed by atoms with van der Waals surface area (Å²) < 4.78 is 11.1.